The first-order chi connectivity index (χ1) is 7.40. The molecule has 0 bridgehead atoms. The van der Waals surface area contributed by atoms with Crippen LogP contribution in [0.5, 0.6) is 5.75 Å². The average Bonchev–Trinajstić information content (AvgIpc) is 2.16. The molecule has 0 saturated carbocycles. The van der Waals surface area contributed by atoms with Crippen LogP contribution in [0.3, 0.4) is 0 Å². The highest BCUT2D eigenvalue weighted by molar-refractivity contribution is 5.96. The van der Waals surface area contributed by atoms with Gasteiger partial charge in [-0.05, 0) is 26.0 Å². The van der Waals surface area contributed by atoms with E-state index in [9.17, 15) is 13.6 Å². The highest BCUT2D eigenvalue weighted by Crippen LogP contribution is 2.21. The van der Waals surface area contributed by atoms with E-state index in [1.54, 1.807) is 24.3 Å². The number of ether oxygens (including phenoxy) is 1. The molecule has 1 aromatic carbocycles. The molecule has 0 radical (unpaired) electrons. The molecule has 2 nitrogen and oxygen atoms in total. The normalized spacial score (nSPS) is 11.2. The van der Waals surface area contributed by atoms with E-state index in [2.05, 4.69) is 0 Å². The number of Topliss-reactive ketones (excluding diaryl/α,β-unsaturated/α-hetero) is 1. The Morgan fingerprint density at radius 1 is 1.38 bits per heavy atom. The van der Waals surface area contributed by atoms with Crippen LogP contribution in [0, 0.1) is 0 Å². The molecule has 0 atom stereocenters. The zero-order chi connectivity index (χ0) is 12.2. The minimum Gasteiger partial charge on any atom is -0.493 e. The van der Waals surface area contributed by atoms with E-state index in [4.69, 9.17) is 4.74 Å². The summed E-state index contributed by atoms with van der Waals surface area (Å²) in [6.07, 6.45) is -0.362. The number of carbonyl (C=O) groups excluding carboxylic acids is 1. The molecule has 0 fully saturated rings. The SMILES string of the molecule is CC(=O)c1ccccc1OCCC(C)(F)F. The lowest BCUT2D eigenvalue weighted by Crippen LogP contribution is -2.15. The average molecular weight is 228 g/mol. The number of hydrogen-bond donors (Lipinski definition) is 0. The van der Waals surface area contributed by atoms with Crippen LogP contribution in [0.15, 0.2) is 24.3 Å². The quantitative estimate of drug-likeness (QED) is 0.723. The van der Waals surface area contributed by atoms with Crippen LogP contribution in [0.25, 0.3) is 0 Å². The fourth-order valence-corrected chi connectivity index (χ4v) is 1.22. The van der Waals surface area contributed by atoms with Gasteiger partial charge < -0.3 is 4.74 Å². The fraction of sp³-hybridized carbons (Fsp3) is 0.417. The molecule has 1 aromatic rings. The van der Waals surface area contributed by atoms with E-state index in [0.29, 0.717) is 11.3 Å². The Bertz CT molecular complexity index is 370. The summed E-state index contributed by atoms with van der Waals surface area (Å²) in [5.41, 5.74) is 0.418. The summed E-state index contributed by atoms with van der Waals surface area (Å²) in [6, 6.07) is 6.62. The van der Waals surface area contributed by atoms with Gasteiger partial charge in [-0.1, -0.05) is 12.1 Å². The molecule has 0 heterocycles. The second-order valence-corrected chi connectivity index (χ2v) is 3.72. The third-order valence-electron chi connectivity index (χ3n) is 2.06. The Morgan fingerprint density at radius 2 is 2.00 bits per heavy atom. The number of rotatable bonds is 5. The van der Waals surface area contributed by atoms with Crippen LogP contribution in [0.2, 0.25) is 0 Å². The largest absolute Gasteiger partial charge is 0.493 e. The van der Waals surface area contributed by atoms with Gasteiger partial charge >= 0.3 is 0 Å². The van der Waals surface area contributed by atoms with Gasteiger partial charge in [-0.3, -0.25) is 4.79 Å². The van der Waals surface area contributed by atoms with Crippen molar-refractivity contribution in [3.63, 3.8) is 0 Å². The Kier molecular flexibility index (Phi) is 3.99. The number of halogens is 2. The minimum atomic E-state index is -2.74. The van der Waals surface area contributed by atoms with Crippen molar-refractivity contribution in [1.82, 2.24) is 0 Å². The standard InChI is InChI=1S/C12H14F2O2/c1-9(15)10-5-3-4-6-11(10)16-8-7-12(2,13)14/h3-6H,7-8H2,1-2H3. The molecule has 0 amide bonds. The first-order valence-electron chi connectivity index (χ1n) is 5.01. The predicted octanol–water partition coefficient (Wildman–Crippen LogP) is 3.31. The van der Waals surface area contributed by atoms with Crippen LogP contribution in [-0.2, 0) is 0 Å². The minimum absolute atomic E-state index is 0.103. The van der Waals surface area contributed by atoms with Crippen LogP contribution >= 0.6 is 0 Å². The number of para-hydroxylation sites is 1. The van der Waals surface area contributed by atoms with Crippen molar-refractivity contribution in [3.05, 3.63) is 29.8 Å². The van der Waals surface area contributed by atoms with Gasteiger partial charge in [0.1, 0.15) is 5.75 Å². The molecule has 0 aromatic heterocycles. The maximum Gasteiger partial charge on any atom is 0.248 e. The number of benzene rings is 1. The van der Waals surface area contributed by atoms with E-state index >= 15 is 0 Å². The summed E-state index contributed by atoms with van der Waals surface area (Å²) in [7, 11) is 0. The Balaban J connectivity index is 2.64. The zero-order valence-electron chi connectivity index (χ0n) is 9.30. The summed E-state index contributed by atoms with van der Waals surface area (Å²) >= 11 is 0. The smallest absolute Gasteiger partial charge is 0.248 e. The van der Waals surface area contributed by atoms with Crippen molar-refractivity contribution in [2.75, 3.05) is 6.61 Å². The maximum atomic E-state index is 12.5. The summed E-state index contributed by atoms with van der Waals surface area (Å²) < 4.78 is 30.2. The molecular weight excluding hydrogens is 214 g/mol. The molecule has 88 valence electrons. The monoisotopic (exact) mass is 228 g/mol. The van der Waals surface area contributed by atoms with Gasteiger partial charge in [0.2, 0.25) is 5.92 Å². The van der Waals surface area contributed by atoms with Gasteiger partial charge in [0.15, 0.2) is 5.78 Å². The molecule has 1 rings (SSSR count). The molecule has 0 aliphatic heterocycles. The molecule has 0 saturated heterocycles. The lowest BCUT2D eigenvalue weighted by molar-refractivity contribution is 0.000828. The van der Waals surface area contributed by atoms with Crippen molar-refractivity contribution >= 4 is 5.78 Å². The second kappa shape index (κ2) is 5.05. The first-order valence-corrected chi connectivity index (χ1v) is 5.01. The van der Waals surface area contributed by atoms with Crippen LogP contribution in [-0.4, -0.2) is 18.3 Å². The van der Waals surface area contributed by atoms with E-state index < -0.39 is 5.92 Å². The molecule has 0 aliphatic rings. The maximum absolute atomic E-state index is 12.5. The van der Waals surface area contributed by atoms with Crippen molar-refractivity contribution < 1.29 is 18.3 Å². The van der Waals surface area contributed by atoms with E-state index in [0.717, 1.165) is 6.92 Å². The van der Waals surface area contributed by atoms with Gasteiger partial charge in [-0.25, -0.2) is 8.78 Å². The van der Waals surface area contributed by atoms with Crippen molar-refractivity contribution in [3.8, 4) is 5.75 Å². The Morgan fingerprint density at radius 3 is 2.56 bits per heavy atom. The molecular formula is C12H14F2O2. The van der Waals surface area contributed by atoms with Gasteiger partial charge in [-0.15, -0.1) is 0 Å². The third kappa shape index (κ3) is 3.96. The van der Waals surface area contributed by atoms with Crippen molar-refractivity contribution in [1.29, 1.82) is 0 Å². The number of alkyl halides is 2. The van der Waals surface area contributed by atoms with E-state index in [1.807, 2.05) is 0 Å². The lowest BCUT2D eigenvalue weighted by atomic mass is 10.1. The summed E-state index contributed by atoms with van der Waals surface area (Å²) in [4.78, 5) is 11.2. The summed E-state index contributed by atoms with van der Waals surface area (Å²) in [5.74, 6) is -2.52. The summed E-state index contributed by atoms with van der Waals surface area (Å²) in [5, 5.41) is 0. The molecule has 16 heavy (non-hydrogen) atoms. The molecule has 0 aliphatic carbocycles. The first kappa shape index (κ1) is 12.6. The second-order valence-electron chi connectivity index (χ2n) is 3.72. The van der Waals surface area contributed by atoms with Crippen molar-refractivity contribution in [2.24, 2.45) is 0 Å². The van der Waals surface area contributed by atoms with Gasteiger partial charge in [-0.2, -0.15) is 0 Å². The van der Waals surface area contributed by atoms with Gasteiger partial charge in [0, 0.05) is 6.42 Å². The number of hydrogen-bond acceptors (Lipinski definition) is 2. The van der Waals surface area contributed by atoms with E-state index in [1.165, 1.54) is 6.92 Å². The molecule has 4 heteroatoms. The topological polar surface area (TPSA) is 26.3 Å². The molecule has 0 spiro atoms. The molecule has 0 unspecified atom stereocenters. The highest BCUT2D eigenvalue weighted by atomic mass is 19.3. The third-order valence-corrected chi connectivity index (χ3v) is 2.06. The van der Waals surface area contributed by atoms with Crippen LogP contribution in [0.4, 0.5) is 8.78 Å². The number of carbonyl (C=O) groups is 1. The Hall–Kier alpha value is -1.45. The van der Waals surface area contributed by atoms with Gasteiger partial charge in [0.25, 0.3) is 0 Å². The van der Waals surface area contributed by atoms with Gasteiger partial charge in [0.05, 0.1) is 12.2 Å². The lowest BCUT2D eigenvalue weighted by Gasteiger charge is -2.12. The summed E-state index contributed by atoms with van der Waals surface area (Å²) in [6.45, 7) is 2.15. The van der Waals surface area contributed by atoms with Crippen LogP contribution < -0.4 is 4.74 Å². The Labute approximate surface area is 93.2 Å². The number of ketones is 1. The molecule has 0 N–H and O–H groups in total. The zero-order valence-corrected chi connectivity index (χ0v) is 9.30. The van der Waals surface area contributed by atoms with Crippen molar-refractivity contribution in [2.45, 2.75) is 26.2 Å². The van der Waals surface area contributed by atoms with Crippen LogP contribution in [0.1, 0.15) is 30.6 Å². The highest BCUT2D eigenvalue weighted by Gasteiger charge is 2.21. The predicted molar refractivity (Wildman–Crippen MR) is 57.2 cm³/mol. The fourth-order valence-electron chi connectivity index (χ4n) is 1.22. The van der Waals surface area contributed by atoms with E-state index in [-0.39, 0.29) is 18.8 Å².